The van der Waals surface area contributed by atoms with Crippen LogP contribution in [0, 0.1) is 6.92 Å². The average molecular weight is 409 g/mol. The molecule has 0 bridgehead atoms. The Balaban J connectivity index is 1.77. The van der Waals surface area contributed by atoms with Gasteiger partial charge < -0.3 is 0 Å². The molecular formula is C25H23N5O. The minimum Gasteiger partial charge on any atom is -0.293 e. The second kappa shape index (κ2) is 7.01. The lowest BCUT2D eigenvalue weighted by atomic mass is 9.95. The van der Waals surface area contributed by atoms with Crippen LogP contribution in [0.2, 0.25) is 0 Å². The van der Waals surface area contributed by atoms with Gasteiger partial charge in [-0.15, -0.1) is 0 Å². The summed E-state index contributed by atoms with van der Waals surface area (Å²) in [5, 5.41) is 0.563. The molecule has 1 saturated carbocycles. The van der Waals surface area contributed by atoms with E-state index < -0.39 is 0 Å². The van der Waals surface area contributed by atoms with Crippen LogP contribution in [0.1, 0.15) is 44.0 Å². The van der Waals surface area contributed by atoms with Gasteiger partial charge >= 0.3 is 0 Å². The highest BCUT2D eigenvalue weighted by Crippen LogP contribution is 2.31. The molecule has 6 heteroatoms. The molecule has 1 fully saturated rings. The zero-order chi connectivity index (χ0) is 20.9. The number of nitrogens with zero attached hydrogens (tertiary/aromatic N) is 5. The molecule has 5 aromatic rings. The van der Waals surface area contributed by atoms with E-state index in [4.69, 9.17) is 15.0 Å². The summed E-state index contributed by atoms with van der Waals surface area (Å²) in [7, 11) is 0. The Bertz CT molecular complexity index is 1490. The zero-order valence-electron chi connectivity index (χ0n) is 17.5. The molecule has 0 N–H and O–H groups in total. The molecule has 2 aromatic carbocycles. The molecule has 0 amide bonds. The molecule has 6 rings (SSSR count). The molecule has 0 unspecified atom stereocenters. The SMILES string of the molecule is Cc1nc2c(c(=O)n1C1CCCCC1)c1nc3ccccc3nc1n2-c1ccccc1. The van der Waals surface area contributed by atoms with Crippen LogP contribution in [0.5, 0.6) is 0 Å². The normalized spacial score (nSPS) is 15.3. The van der Waals surface area contributed by atoms with E-state index >= 15 is 0 Å². The van der Waals surface area contributed by atoms with Crippen molar-refractivity contribution in [2.45, 2.75) is 45.1 Å². The average Bonchev–Trinajstić information content (AvgIpc) is 3.11. The summed E-state index contributed by atoms with van der Waals surface area (Å²) in [5.41, 5.74) is 4.44. The molecule has 6 nitrogen and oxygen atoms in total. The van der Waals surface area contributed by atoms with Gasteiger partial charge in [0.15, 0.2) is 11.3 Å². The number of fused-ring (bicyclic) bond motifs is 4. The molecule has 3 aromatic heterocycles. The van der Waals surface area contributed by atoms with Gasteiger partial charge in [-0.05, 0) is 44.0 Å². The maximum Gasteiger partial charge on any atom is 0.265 e. The summed E-state index contributed by atoms with van der Waals surface area (Å²) < 4.78 is 3.89. The lowest BCUT2D eigenvalue weighted by molar-refractivity contribution is 0.339. The second-order valence-corrected chi connectivity index (χ2v) is 8.38. The fraction of sp³-hybridized carbons (Fsp3) is 0.280. The van der Waals surface area contributed by atoms with Gasteiger partial charge in [0, 0.05) is 11.7 Å². The highest BCUT2D eigenvalue weighted by atomic mass is 16.1. The highest BCUT2D eigenvalue weighted by molar-refractivity contribution is 6.05. The van der Waals surface area contributed by atoms with E-state index in [1.807, 2.05) is 70.7 Å². The van der Waals surface area contributed by atoms with Crippen LogP contribution in [0.4, 0.5) is 0 Å². The van der Waals surface area contributed by atoms with Crippen molar-refractivity contribution in [3.8, 4) is 5.69 Å². The van der Waals surface area contributed by atoms with Gasteiger partial charge in [-0.1, -0.05) is 49.6 Å². The molecule has 1 aliphatic rings. The van der Waals surface area contributed by atoms with Crippen LogP contribution in [-0.4, -0.2) is 24.1 Å². The van der Waals surface area contributed by atoms with Gasteiger partial charge in [0.1, 0.15) is 16.7 Å². The Morgan fingerprint density at radius 2 is 1.48 bits per heavy atom. The number of hydrogen-bond donors (Lipinski definition) is 0. The Hall–Kier alpha value is -3.54. The molecule has 0 saturated heterocycles. The van der Waals surface area contributed by atoms with E-state index in [1.54, 1.807) is 0 Å². The van der Waals surface area contributed by atoms with Crippen LogP contribution in [0.15, 0.2) is 59.4 Å². The smallest absolute Gasteiger partial charge is 0.265 e. The highest BCUT2D eigenvalue weighted by Gasteiger charge is 2.25. The number of hydrogen-bond acceptors (Lipinski definition) is 4. The molecule has 0 radical (unpaired) electrons. The Morgan fingerprint density at radius 3 is 2.23 bits per heavy atom. The number of para-hydroxylation sites is 3. The van der Waals surface area contributed by atoms with Gasteiger partial charge in [-0.3, -0.25) is 13.9 Å². The summed E-state index contributed by atoms with van der Waals surface area (Å²) in [6, 6.07) is 18.0. The quantitative estimate of drug-likeness (QED) is 0.407. The number of benzene rings is 2. The molecule has 0 aliphatic heterocycles. The van der Waals surface area contributed by atoms with E-state index in [9.17, 15) is 4.79 Å². The largest absolute Gasteiger partial charge is 0.293 e. The van der Waals surface area contributed by atoms with Gasteiger partial charge in [0.2, 0.25) is 0 Å². The Kier molecular flexibility index (Phi) is 4.13. The standard InChI is InChI=1S/C25H23N5O/c1-16-26-23-21(25(31)29(16)17-10-4-2-5-11-17)22-24(30(23)18-12-6-3-7-13-18)28-20-15-9-8-14-19(20)27-22/h3,6-9,12-15,17H,2,4-5,10-11H2,1H3. The van der Waals surface area contributed by atoms with Crippen LogP contribution in [0.25, 0.3) is 38.9 Å². The Labute approximate surface area is 179 Å². The molecule has 0 atom stereocenters. The third-order valence-electron chi connectivity index (χ3n) is 6.44. The third-order valence-corrected chi connectivity index (χ3v) is 6.44. The maximum absolute atomic E-state index is 13.9. The summed E-state index contributed by atoms with van der Waals surface area (Å²) in [6.45, 7) is 1.94. The van der Waals surface area contributed by atoms with Crippen molar-refractivity contribution in [3.63, 3.8) is 0 Å². The van der Waals surface area contributed by atoms with Crippen molar-refractivity contribution in [1.82, 2.24) is 24.1 Å². The van der Waals surface area contributed by atoms with E-state index in [-0.39, 0.29) is 11.6 Å². The van der Waals surface area contributed by atoms with Crippen molar-refractivity contribution in [1.29, 1.82) is 0 Å². The summed E-state index contributed by atoms with van der Waals surface area (Å²) >= 11 is 0. The van der Waals surface area contributed by atoms with Gasteiger partial charge in [-0.2, -0.15) is 0 Å². The predicted molar refractivity (Wildman–Crippen MR) is 123 cm³/mol. The van der Waals surface area contributed by atoms with E-state index in [0.717, 1.165) is 48.2 Å². The molecule has 1 aliphatic carbocycles. The van der Waals surface area contributed by atoms with Crippen molar-refractivity contribution in [2.75, 3.05) is 0 Å². The first-order chi connectivity index (χ1) is 15.2. The second-order valence-electron chi connectivity index (χ2n) is 8.38. The monoisotopic (exact) mass is 409 g/mol. The molecule has 0 spiro atoms. The Morgan fingerprint density at radius 1 is 0.806 bits per heavy atom. The van der Waals surface area contributed by atoms with Crippen LogP contribution in [-0.2, 0) is 0 Å². The summed E-state index contributed by atoms with van der Waals surface area (Å²) in [5.74, 6) is 0.758. The van der Waals surface area contributed by atoms with Crippen LogP contribution >= 0.6 is 0 Å². The maximum atomic E-state index is 13.9. The lowest BCUT2D eigenvalue weighted by Gasteiger charge is -2.25. The number of aryl methyl sites for hydroxylation is 1. The first kappa shape index (κ1) is 18.2. The first-order valence-corrected chi connectivity index (χ1v) is 11.0. The van der Waals surface area contributed by atoms with Gasteiger partial charge in [0.05, 0.1) is 11.0 Å². The van der Waals surface area contributed by atoms with Crippen molar-refractivity contribution < 1.29 is 0 Å². The minimum atomic E-state index is -0.00124. The van der Waals surface area contributed by atoms with E-state index in [0.29, 0.717) is 22.2 Å². The van der Waals surface area contributed by atoms with Crippen molar-refractivity contribution in [2.24, 2.45) is 0 Å². The molecule has 31 heavy (non-hydrogen) atoms. The van der Waals surface area contributed by atoms with Crippen LogP contribution < -0.4 is 5.56 Å². The van der Waals surface area contributed by atoms with Gasteiger partial charge in [-0.25, -0.2) is 15.0 Å². The topological polar surface area (TPSA) is 65.6 Å². The number of rotatable bonds is 2. The lowest BCUT2D eigenvalue weighted by Crippen LogP contribution is -2.29. The predicted octanol–water partition coefficient (Wildman–Crippen LogP) is 5.10. The summed E-state index contributed by atoms with van der Waals surface area (Å²) in [4.78, 5) is 28.7. The minimum absolute atomic E-state index is 0.00124. The zero-order valence-corrected chi connectivity index (χ0v) is 17.5. The molecule has 3 heterocycles. The fourth-order valence-corrected chi connectivity index (χ4v) is 5.00. The fourth-order valence-electron chi connectivity index (χ4n) is 5.00. The number of aromatic nitrogens is 5. The van der Waals surface area contributed by atoms with Crippen LogP contribution in [0.3, 0.4) is 0 Å². The van der Waals surface area contributed by atoms with E-state index in [1.165, 1.54) is 6.42 Å². The summed E-state index contributed by atoms with van der Waals surface area (Å²) in [6.07, 6.45) is 5.61. The molecular weight excluding hydrogens is 386 g/mol. The molecule has 154 valence electrons. The van der Waals surface area contributed by atoms with E-state index in [2.05, 4.69) is 0 Å². The third kappa shape index (κ3) is 2.78. The van der Waals surface area contributed by atoms with Crippen molar-refractivity contribution in [3.05, 3.63) is 70.8 Å². The van der Waals surface area contributed by atoms with Crippen molar-refractivity contribution >= 4 is 33.2 Å². The first-order valence-electron chi connectivity index (χ1n) is 11.0. The van der Waals surface area contributed by atoms with Gasteiger partial charge in [0.25, 0.3) is 5.56 Å².